The summed E-state index contributed by atoms with van der Waals surface area (Å²) in [6.07, 6.45) is 5.80. The third-order valence-electron chi connectivity index (χ3n) is 5.24. The maximum Gasteiger partial charge on any atom is 0.103 e. The average Bonchev–Trinajstić information content (AvgIpc) is 3.34. The smallest absolute Gasteiger partial charge is 0.103 e. The van der Waals surface area contributed by atoms with Crippen molar-refractivity contribution in [1.82, 2.24) is 19.3 Å². The van der Waals surface area contributed by atoms with Gasteiger partial charge in [0, 0.05) is 28.6 Å². The van der Waals surface area contributed by atoms with Crippen LogP contribution >= 0.6 is 0 Å². The SMILES string of the molecule is c1ccc(-n2cc3ccc4c(c5ccccc5n4-c4cccnc4)c3n2)cc1. The highest BCUT2D eigenvalue weighted by atomic mass is 15.3. The van der Waals surface area contributed by atoms with Crippen LogP contribution in [0.1, 0.15) is 0 Å². The quantitative estimate of drug-likeness (QED) is 0.408. The predicted octanol–water partition coefficient (Wildman–Crippen LogP) is 5.52. The van der Waals surface area contributed by atoms with E-state index in [2.05, 4.69) is 70.3 Å². The lowest BCUT2D eigenvalue weighted by Crippen LogP contribution is -1.94. The highest BCUT2D eigenvalue weighted by molar-refractivity contribution is 6.20. The number of fused-ring (bicyclic) bond motifs is 5. The molecule has 132 valence electrons. The molecule has 0 aliphatic rings. The second kappa shape index (κ2) is 5.79. The first kappa shape index (κ1) is 15.2. The first-order chi connectivity index (χ1) is 13.9. The lowest BCUT2D eigenvalue weighted by atomic mass is 10.1. The van der Waals surface area contributed by atoms with Crippen molar-refractivity contribution in [2.45, 2.75) is 0 Å². The molecule has 0 aliphatic heterocycles. The summed E-state index contributed by atoms with van der Waals surface area (Å²) in [5, 5.41) is 8.46. The highest BCUT2D eigenvalue weighted by Gasteiger charge is 2.16. The molecule has 6 aromatic rings. The normalized spacial score (nSPS) is 11.6. The topological polar surface area (TPSA) is 35.6 Å². The van der Waals surface area contributed by atoms with E-state index >= 15 is 0 Å². The zero-order valence-corrected chi connectivity index (χ0v) is 15.0. The molecule has 4 nitrogen and oxygen atoms in total. The summed E-state index contributed by atoms with van der Waals surface area (Å²) in [4.78, 5) is 4.32. The molecule has 0 bridgehead atoms. The van der Waals surface area contributed by atoms with Gasteiger partial charge in [-0.05, 0) is 42.5 Å². The molecule has 0 aliphatic carbocycles. The number of hydrogen-bond donors (Lipinski definition) is 0. The highest BCUT2D eigenvalue weighted by Crippen LogP contribution is 2.36. The lowest BCUT2D eigenvalue weighted by Gasteiger charge is -2.06. The Morgan fingerprint density at radius 1 is 0.679 bits per heavy atom. The Morgan fingerprint density at radius 2 is 1.50 bits per heavy atom. The minimum atomic E-state index is 1.01. The van der Waals surface area contributed by atoms with Crippen molar-refractivity contribution in [2.75, 3.05) is 0 Å². The van der Waals surface area contributed by atoms with Crippen LogP contribution in [0.2, 0.25) is 0 Å². The van der Waals surface area contributed by atoms with E-state index in [1.807, 2.05) is 35.1 Å². The van der Waals surface area contributed by atoms with E-state index < -0.39 is 0 Å². The first-order valence-electron chi connectivity index (χ1n) is 9.27. The minimum absolute atomic E-state index is 1.01. The predicted molar refractivity (Wildman–Crippen MR) is 113 cm³/mol. The fourth-order valence-corrected chi connectivity index (χ4v) is 4.02. The Bertz CT molecular complexity index is 1440. The molecule has 3 aromatic carbocycles. The molecular formula is C24H16N4. The van der Waals surface area contributed by atoms with Gasteiger partial charge in [-0.3, -0.25) is 4.98 Å². The van der Waals surface area contributed by atoms with Crippen molar-refractivity contribution >= 4 is 32.7 Å². The fourth-order valence-electron chi connectivity index (χ4n) is 4.02. The van der Waals surface area contributed by atoms with Crippen LogP contribution in [0.3, 0.4) is 0 Å². The van der Waals surface area contributed by atoms with Crippen molar-refractivity contribution in [3.63, 3.8) is 0 Å². The molecule has 28 heavy (non-hydrogen) atoms. The van der Waals surface area contributed by atoms with E-state index in [0.29, 0.717) is 0 Å². The third-order valence-corrected chi connectivity index (χ3v) is 5.24. The summed E-state index contributed by atoms with van der Waals surface area (Å²) < 4.78 is 4.22. The summed E-state index contributed by atoms with van der Waals surface area (Å²) in [7, 11) is 0. The standard InChI is InChI=1S/C24H16N4/c1-2-7-18(8-3-1)27-16-17-12-13-22-23(24(17)26-27)20-10-4-5-11-21(20)28(22)19-9-6-14-25-15-19/h1-16H. The molecule has 4 heteroatoms. The van der Waals surface area contributed by atoms with E-state index in [1.165, 1.54) is 10.8 Å². The molecule has 0 N–H and O–H groups in total. The van der Waals surface area contributed by atoms with Crippen molar-refractivity contribution in [1.29, 1.82) is 0 Å². The van der Waals surface area contributed by atoms with E-state index in [1.54, 1.807) is 6.20 Å². The number of aromatic nitrogens is 4. The van der Waals surface area contributed by atoms with Crippen molar-refractivity contribution in [3.8, 4) is 11.4 Å². The van der Waals surface area contributed by atoms with Crippen LogP contribution in [0, 0.1) is 0 Å². The van der Waals surface area contributed by atoms with Crippen LogP contribution in [0.5, 0.6) is 0 Å². The summed E-state index contributed by atoms with van der Waals surface area (Å²) in [5.41, 5.74) is 5.42. The number of para-hydroxylation sites is 2. The van der Waals surface area contributed by atoms with Gasteiger partial charge in [0.25, 0.3) is 0 Å². The van der Waals surface area contributed by atoms with Gasteiger partial charge >= 0.3 is 0 Å². The molecule has 0 atom stereocenters. The number of rotatable bonds is 2. The molecule has 0 spiro atoms. The number of nitrogens with zero attached hydrogens (tertiary/aromatic N) is 4. The van der Waals surface area contributed by atoms with Gasteiger partial charge in [0.05, 0.1) is 28.6 Å². The number of pyridine rings is 1. The van der Waals surface area contributed by atoms with Crippen LogP contribution in [-0.4, -0.2) is 19.3 Å². The Hall–Kier alpha value is -3.92. The van der Waals surface area contributed by atoms with Gasteiger partial charge in [-0.15, -0.1) is 0 Å². The summed E-state index contributed by atoms with van der Waals surface area (Å²) >= 11 is 0. The summed E-state index contributed by atoms with van der Waals surface area (Å²) in [6, 6.07) is 27.1. The van der Waals surface area contributed by atoms with Crippen molar-refractivity contribution in [2.24, 2.45) is 0 Å². The maximum absolute atomic E-state index is 4.96. The van der Waals surface area contributed by atoms with Gasteiger partial charge in [-0.25, -0.2) is 4.68 Å². The second-order valence-corrected chi connectivity index (χ2v) is 6.87. The Balaban J connectivity index is 1.75. The molecule has 0 unspecified atom stereocenters. The van der Waals surface area contributed by atoms with E-state index in [9.17, 15) is 0 Å². The molecule has 0 saturated carbocycles. The van der Waals surface area contributed by atoms with E-state index in [4.69, 9.17) is 5.10 Å². The van der Waals surface area contributed by atoms with Gasteiger partial charge in [0.2, 0.25) is 0 Å². The van der Waals surface area contributed by atoms with E-state index in [-0.39, 0.29) is 0 Å². The monoisotopic (exact) mass is 360 g/mol. The average molecular weight is 360 g/mol. The summed E-state index contributed by atoms with van der Waals surface area (Å²) in [5.74, 6) is 0. The van der Waals surface area contributed by atoms with Crippen LogP contribution in [0.25, 0.3) is 44.1 Å². The molecule has 0 fully saturated rings. The zero-order valence-electron chi connectivity index (χ0n) is 15.0. The first-order valence-corrected chi connectivity index (χ1v) is 9.27. The maximum atomic E-state index is 4.96. The van der Waals surface area contributed by atoms with Crippen LogP contribution < -0.4 is 0 Å². The van der Waals surface area contributed by atoms with Gasteiger partial charge in [-0.2, -0.15) is 5.10 Å². The largest absolute Gasteiger partial charge is 0.308 e. The third kappa shape index (κ3) is 2.12. The van der Waals surface area contributed by atoms with Crippen molar-refractivity contribution < 1.29 is 0 Å². The minimum Gasteiger partial charge on any atom is -0.308 e. The zero-order chi connectivity index (χ0) is 18.5. The Labute approximate surface area is 161 Å². The molecule has 0 radical (unpaired) electrons. The Morgan fingerprint density at radius 3 is 2.36 bits per heavy atom. The number of benzene rings is 3. The second-order valence-electron chi connectivity index (χ2n) is 6.87. The van der Waals surface area contributed by atoms with E-state index in [0.717, 1.165) is 33.3 Å². The summed E-state index contributed by atoms with van der Waals surface area (Å²) in [6.45, 7) is 0. The Kier molecular flexibility index (Phi) is 3.14. The van der Waals surface area contributed by atoms with Gasteiger partial charge in [0.15, 0.2) is 0 Å². The number of hydrogen-bond acceptors (Lipinski definition) is 2. The molecular weight excluding hydrogens is 344 g/mol. The van der Waals surface area contributed by atoms with Gasteiger partial charge < -0.3 is 4.57 Å². The van der Waals surface area contributed by atoms with Gasteiger partial charge in [-0.1, -0.05) is 36.4 Å². The van der Waals surface area contributed by atoms with Crippen LogP contribution in [0.15, 0.2) is 97.5 Å². The molecule has 0 amide bonds. The van der Waals surface area contributed by atoms with Crippen LogP contribution in [0.4, 0.5) is 0 Å². The molecule has 3 aromatic heterocycles. The van der Waals surface area contributed by atoms with Gasteiger partial charge in [0.1, 0.15) is 5.52 Å². The molecule has 6 rings (SSSR count). The molecule has 3 heterocycles. The van der Waals surface area contributed by atoms with Crippen LogP contribution in [-0.2, 0) is 0 Å². The molecule has 0 saturated heterocycles. The lowest BCUT2D eigenvalue weighted by molar-refractivity contribution is 0.898. The fraction of sp³-hybridized carbons (Fsp3) is 0. The van der Waals surface area contributed by atoms with Crippen molar-refractivity contribution in [3.05, 3.63) is 97.5 Å².